The van der Waals surface area contributed by atoms with Crippen molar-refractivity contribution in [2.45, 2.75) is 39.0 Å². The first-order chi connectivity index (χ1) is 15.5. The van der Waals surface area contributed by atoms with Crippen molar-refractivity contribution in [2.75, 3.05) is 0 Å². The summed E-state index contributed by atoms with van der Waals surface area (Å²) in [6.07, 6.45) is -1.11. The van der Waals surface area contributed by atoms with E-state index in [1.54, 1.807) is 57.2 Å². The predicted molar refractivity (Wildman–Crippen MR) is 126 cm³/mol. The van der Waals surface area contributed by atoms with Gasteiger partial charge >= 0.3 is 5.97 Å². The van der Waals surface area contributed by atoms with Crippen molar-refractivity contribution in [2.24, 2.45) is 5.73 Å². The first-order valence-electron chi connectivity index (χ1n) is 10.2. The fourth-order valence-electron chi connectivity index (χ4n) is 3.38. The van der Waals surface area contributed by atoms with Crippen molar-refractivity contribution in [1.29, 1.82) is 5.41 Å². The molecule has 1 fully saturated rings. The van der Waals surface area contributed by atoms with Gasteiger partial charge in [-0.1, -0.05) is 18.2 Å². The van der Waals surface area contributed by atoms with Crippen LogP contribution in [0.3, 0.4) is 0 Å². The van der Waals surface area contributed by atoms with Crippen molar-refractivity contribution in [3.05, 3.63) is 65.6 Å². The Morgan fingerprint density at radius 2 is 1.71 bits per heavy atom. The molecule has 0 radical (unpaired) electrons. The van der Waals surface area contributed by atoms with E-state index in [1.807, 2.05) is 0 Å². The number of imide groups is 1. The van der Waals surface area contributed by atoms with Crippen LogP contribution in [0.15, 0.2) is 52.9 Å². The molecule has 0 aliphatic carbocycles. The Balaban J connectivity index is 0.00000324. The number of nitrogens with two attached hydrogens (primary N) is 1. The number of carbonyl (C=O) groups is 3. The van der Waals surface area contributed by atoms with E-state index in [-0.39, 0.29) is 36.3 Å². The quantitative estimate of drug-likeness (QED) is 0.136. The smallest absolute Gasteiger partial charge is 0.379 e. The molecule has 0 saturated carbocycles. The number of esters is 1. The fourth-order valence-corrected chi connectivity index (χ4v) is 3.38. The highest BCUT2D eigenvalue weighted by Crippen LogP contribution is 2.26. The lowest BCUT2D eigenvalue weighted by Gasteiger charge is -2.38. The maximum absolute atomic E-state index is 12.5. The van der Waals surface area contributed by atoms with Gasteiger partial charge in [0.1, 0.15) is 17.3 Å². The first-order valence-corrected chi connectivity index (χ1v) is 10.2. The van der Waals surface area contributed by atoms with Gasteiger partial charge in [-0.25, -0.2) is 4.79 Å². The number of hydrogen-bond donors (Lipinski definition) is 2. The Hall–Kier alpha value is -3.69. The Morgan fingerprint density at radius 3 is 2.35 bits per heavy atom. The number of fused-ring (bicyclic) bond motifs is 1. The third-order valence-corrected chi connectivity index (χ3v) is 4.96. The minimum atomic E-state index is -1.11. The fraction of sp³-hybridized carbons (Fsp3) is 0.250. The van der Waals surface area contributed by atoms with Gasteiger partial charge in [-0.05, 0) is 61.9 Å². The van der Waals surface area contributed by atoms with Gasteiger partial charge < -0.3 is 19.6 Å². The van der Waals surface area contributed by atoms with E-state index in [9.17, 15) is 14.4 Å². The van der Waals surface area contributed by atoms with Crippen molar-refractivity contribution in [3.8, 4) is 5.75 Å². The van der Waals surface area contributed by atoms with Crippen LogP contribution in [0.1, 0.15) is 42.6 Å². The van der Waals surface area contributed by atoms with Gasteiger partial charge in [-0.3, -0.25) is 19.9 Å². The van der Waals surface area contributed by atoms with E-state index in [1.165, 1.54) is 12.1 Å². The maximum atomic E-state index is 12.5. The molecule has 0 bridgehead atoms. The number of furan rings is 1. The lowest BCUT2D eigenvalue weighted by molar-refractivity contribution is -0.189. The van der Waals surface area contributed by atoms with Crippen LogP contribution >= 0.6 is 12.4 Å². The van der Waals surface area contributed by atoms with Gasteiger partial charge in [0, 0.05) is 5.56 Å². The molecule has 1 saturated heterocycles. The van der Waals surface area contributed by atoms with Gasteiger partial charge in [-0.15, -0.1) is 12.4 Å². The molecule has 34 heavy (non-hydrogen) atoms. The van der Waals surface area contributed by atoms with Gasteiger partial charge in [-0.2, -0.15) is 0 Å². The molecule has 0 spiro atoms. The van der Waals surface area contributed by atoms with Crippen LogP contribution in [0.5, 0.6) is 5.75 Å². The molecule has 3 N–H and O–H groups in total. The standard InChI is InChI=1S/C24H23N3O6.ClH/c1-24(2,3)33-19-21(28)27(22(19)29)12-17-8-9-18(31-17)23(30)32-16-7-6-13-10-15(20(25)26)5-4-14(13)11-16;/h4-11,19H,12H2,1-3H3,(H3,25,26);1H. The Morgan fingerprint density at radius 1 is 1.06 bits per heavy atom. The maximum Gasteiger partial charge on any atom is 0.379 e. The third-order valence-electron chi connectivity index (χ3n) is 4.96. The van der Waals surface area contributed by atoms with Gasteiger partial charge in [0.05, 0.1) is 12.1 Å². The second-order valence-corrected chi connectivity index (χ2v) is 8.67. The summed E-state index contributed by atoms with van der Waals surface area (Å²) in [6.45, 7) is 5.20. The number of β-lactam (4-membered cyclic amide) rings is 2. The number of nitrogen functional groups attached to an aromatic ring is 1. The number of likely N-dealkylation sites (tertiary alicyclic amines) is 1. The van der Waals surface area contributed by atoms with Crippen LogP contribution < -0.4 is 10.5 Å². The molecule has 1 aliphatic rings. The molecule has 1 aliphatic heterocycles. The predicted octanol–water partition coefficient (Wildman–Crippen LogP) is 3.41. The minimum Gasteiger partial charge on any atom is -0.452 e. The van der Waals surface area contributed by atoms with Gasteiger partial charge in [0.25, 0.3) is 11.8 Å². The number of amides is 2. The largest absolute Gasteiger partial charge is 0.452 e. The van der Waals surface area contributed by atoms with E-state index >= 15 is 0 Å². The zero-order chi connectivity index (χ0) is 23.9. The number of hydrogen-bond acceptors (Lipinski definition) is 7. The molecule has 1 aromatic heterocycles. The van der Waals surface area contributed by atoms with Crippen molar-refractivity contribution in [1.82, 2.24) is 4.90 Å². The van der Waals surface area contributed by atoms with Crippen LogP contribution in [0, 0.1) is 5.41 Å². The molecule has 2 heterocycles. The van der Waals surface area contributed by atoms with E-state index < -0.39 is 29.5 Å². The number of amidine groups is 1. The summed E-state index contributed by atoms with van der Waals surface area (Å²) in [5, 5.41) is 9.18. The summed E-state index contributed by atoms with van der Waals surface area (Å²) in [7, 11) is 0. The lowest BCUT2D eigenvalue weighted by Crippen LogP contribution is -2.63. The van der Waals surface area contributed by atoms with Crippen molar-refractivity contribution < 1.29 is 28.3 Å². The number of nitrogens with zero attached hydrogens (tertiary/aromatic N) is 1. The van der Waals surface area contributed by atoms with Crippen molar-refractivity contribution >= 4 is 46.8 Å². The molecule has 2 amide bonds. The normalized spacial score (nSPS) is 14.0. The minimum absolute atomic E-state index is 0. The highest BCUT2D eigenvalue weighted by molar-refractivity contribution is 6.20. The Kier molecular flexibility index (Phi) is 6.81. The number of halogens is 1. The topological polar surface area (TPSA) is 136 Å². The molecular formula is C24H24ClN3O6. The van der Waals surface area contributed by atoms with Crippen LogP contribution in [0.4, 0.5) is 0 Å². The van der Waals surface area contributed by atoms with E-state index in [0.717, 1.165) is 15.7 Å². The molecule has 0 atom stereocenters. The van der Waals surface area contributed by atoms with E-state index in [2.05, 4.69) is 0 Å². The van der Waals surface area contributed by atoms with Gasteiger partial charge in [0.2, 0.25) is 11.9 Å². The number of rotatable bonds is 6. The Bertz CT molecular complexity index is 1280. The van der Waals surface area contributed by atoms with E-state index in [0.29, 0.717) is 11.3 Å². The number of carbonyl (C=O) groups excluding carboxylic acids is 3. The zero-order valence-electron chi connectivity index (χ0n) is 18.8. The van der Waals surface area contributed by atoms with Crippen LogP contribution in [-0.4, -0.2) is 40.2 Å². The highest BCUT2D eigenvalue weighted by Gasteiger charge is 2.49. The molecular weight excluding hydrogens is 462 g/mol. The molecule has 3 aromatic rings. The highest BCUT2D eigenvalue weighted by atomic mass is 35.5. The average molecular weight is 486 g/mol. The second-order valence-electron chi connectivity index (χ2n) is 8.67. The molecule has 4 rings (SSSR count). The summed E-state index contributed by atoms with van der Waals surface area (Å²) in [5.41, 5.74) is 5.49. The summed E-state index contributed by atoms with van der Waals surface area (Å²) >= 11 is 0. The van der Waals surface area contributed by atoms with Crippen molar-refractivity contribution in [3.63, 3.8) is 0 Å². The van der Waals surface area contributed by atoms with Gasteiger partial charge in [0.15, 0.2) is 0 Å². The summed E-state index contributed by atoms with van der Waals surface area (Å²) in [6, 6.07) is 13.3. The van der Waals surface area contributed by atoms with E-state index in [4.69, 9.17) is 25.0 Å². The zero-order valence-corrected chi connectivity index (χ0v) is 19.6. The summed E-state index contributed by atoms with van der Waals surface area (Å²) in [5.74, 6) is -1.10. The monoisotopic (exact) mass is 485 g/mol. The molecule has 9 nitrogen and oxygen atoms in total. The summed E-state index contributed by atoms with van der Waals surface area (Å²) < 4.78 is 16.3. The molecule has 178 valence electrons. The summed E-state index contributed by atoms with van der Waals surface area (Å²) in [4.78, 5) is 38.0. The third kappa shape index (κ3) is 5.11. The number of ether oxygens (including phenoxy) is 2. The van der Waals surface area contributed by atoms with Crippen LogP contribution in [0.2, 0.25) is 0 Å². The van der Waals surface area contributed by atoms with Crippen LogP contribution in [-0.2, 0) is 20.9 Å². The SMILES string of the molecule is CC(C)(C)OC1C(=O)N(Cc2ccc(C(=O)Oc3ccc4cc(C(=N)N)ccc4c3)o2)C1=O.Cl. The molecule has 2 aromatic carbocycles. The Labute approximate surface area is 201 Å². The number of nitrogens with one attached hydrogen (secondary N) is 1. The molecule has 10 heteroatoms. The first kappa shape index (κ1) is 24.9. The van der Waals surface area contributed by atoms with Crippen LogP contribution in [0.25, 0.3) is 10.8 Å². The number of benzene rings is 2. The molecule has 0 unspecified atom stereocenters. The average Bonchev–Trinajstić information content (AvgIpc) is 3.23. The second kappa shape index (κ2) is 9.28. The lowest BCUT2D eigenvalue weighted by atomic mass is 10.1.